The number of ketones is 1. The van der Waals surface area contributed by atoms with Gasteiger partial charge in [0.25, 0.3) is 9.70 Å². The zero-order chi connectivity index (χ0) is 15.4. The van der Waals surface area contributed by atoms with Crippen molar-refractivity contribution in [2.75, 3.05) is 19.6 Å². The van der Waals surface area contributed by atoms with E-state index < -0.39 is 9.70 Å². The first-order chi connectivity index (χ1) is 9.72. The summed E-state index contributed by atoms with van der Waals surface area (Å²) in [5.41, 5.74) is -0.238. The maximum atomic E-state index is 12.7. The highest BCUT2D eigenvalue weighted by atomic mass is 35.6. The van der Waals surface area contributed by atoms with Crippen LogP contribution in [0.2, 0.25) is 0 Å². The van der Waals surface area contributed by atoms with Crippen molar-refractivity contribution in [2.45, 2.75) is 48.5 Å². The standard InChI is InChI=1S/C14H19Cl3N2O2/c1-13-4-6-18(7-5-13)10(11(13)20)8-19(9-2-3-9)12(21)14(15,16)17/h9-10H,2-8H2,1H3. The van der Waals surface area contributed by atoms with Crippen molar-refractivity contribution in [2.24, 2.45) is 5.41 Å². The largest absolute Gasteiger partial charge is 0.334 e. The van der Waals surface area contributed by atoms with Crippen molar-refractivity contribution in [1.29, 1.82) is 0 Å². The third kappa shape index (κ3) is 2.92. The fraction of sp³-hybridized carbons (Fsp3) is 0.857. The van der Waals surface area contributed by atoms with E-state index in [-0.39, 0.29) is 23.3 Å². The number of hydrogen-bond donors (Lipinski definition) is 0. The Hall–Kier alpha value is -0.0300. The molecule has 0 N–H and O–H groups in total. The van der Waals surface area contributed by atoms with E-state index >= 15 is 0 Å². The molecule has 0 spiro atoms. The molecule has 4 aliphatic rings. The molecule has 0 aromatic rings. The number of piperidine rings is 3. The molecule has 2 bridgehead atoms. The zero-order valence-corrected chi connectivity index (χ0v) is 14.2. The highest BCUT2D eigenvalue weighted by Gasteiger charge is 2.51. The smallest absolute Gasteiger partial charge is 0.275 e. The lowest BCUT2D eigenvalue weighted by Gasteiger charge is -2.51. The second-order valence-corrected chi connectivity index (χ2v) is 8.94. The van der Waals surface area contributed by atoms with E-state index in [0.717, 1.165) is 38.8 Å². The number of rotatable bonds is 3. The van der Waals surface area contributed by atoms with Crippen LogP contribution in [0.1, 0.15) is 32.6 Å². The van der Waals surface area contributed by atoms with E-state index in [9.17, 15) is 9.59 Å². The van der Waals surface area contributed by atoms with Crippen molar-refractivity contribution >= 4 is 46.5 Å². The van der Waals surface area contributed by atoms with Gasteiger partial charge in [0, 0.05) is 18.0 Å². The van der Waals surface area contributed by atoms with Gasteiger partial charge in [-0.1, -0.05) is 41.7 Å². The van der Waals surface area contributed by atoms with E-state index in [1.54, 1.807) is 4.90 Å². The number of carbonyl (C=O) groups is 2. The first-order valence-electron chi connectivity index (χ1n) is 7.38. The maximum Gasteiger partial charge on any atom is 0.275 e. The molecular weight excluding hydrogens is 335 g/mol. The minimum absolute atomic E-state index is 0.121. The van der Waals surface area contributed by atoms with Gasteiger partial charge in [-0.3, -0.25) is 14.5 Å². The molecule has 0 radical (unpaired) electrons. The number of carbonyl (C=O) groups excluding carboxylic acids is 2. The Morgan fingerprint density at radius 2 is 1.90 bits per heavy atom. The minimum Gasteiger partial charge on any atom is -0.334 e. The van der Waals surface area contributed by atoms with Crippen LogP contribution in [0, 0.1) is 5.41 Å². The Balaban J connectivity index is 1.77. The lowest BCUT2D eigenvalue weighted by molar-refractivity contribution is -0.149. The molecule has 4 fully saturated rings. The number of halogens is 3. The van der Waals surface area contributed by atoms with Crippen LogP contribution in [0.25, 0.3) is 0 Å². The molecule has 0 aromatic carbocycles. The lowest BCUT2D eigenvalue weighted by atomic mass is 9.69. The average Bonchev–Trinajstić information content (AvgIpc) is 3.22. The SMILES string of the molecule is CC12CCN(CC1)C(CN(C(=O)C(Cl)(Cl)Cl)C1CC1)C2=O. The van der Waals surface area contributed by atoms with Crippen molar-refractivity contribution in [1.82, 2.24) is 9.80 Å². The van der Waals surface area contributed by atoms with Gasteiger partial charge in [0.2, 0.25) is 0 Å². The molecule has 0 aromatic heterocycles. The van der Waals surface area contributed by atoms with Gasteiger partial charge >= 0.3 is 0 Å². The summed E-state index contributed by atoms with van der Waals surface area (Å²) >= 11 is 17.3. The van der Waals surface area contributed by atoms with E-state index in [0.29, 0.717) is 6.54 Å². The Labute approximate surface area is 139 Å². The summed E-state index contributed by atoms with van der Waals surface area (Å²) in [4.78, 5) is 28.8. The van der Waals surface area contributed by atoms with Gasteiger partial charge in [-0.05, 0) is 38.8 Å². The first-order valence-corrected chi connectivity index (χ1v) is 8.52. The van der Waals surface area contributed by atoms with Crippen LogP contribution in [-0.2, 0) is 9.59 Å². The molecule has 1 saturated carbocycles. The summed E-state index contributed by atoms with van der Waals surface area (Å²) in [7, 11) is 0. The molecule has 4 nitrogen and oxygen atoms in total. The molecule has 1 unspecified atom stereocenters. The second-order valence-electron chi connectivity index (χ2n) is 6.66. The van der Waals surface area contributed by atoms with Gasteiger partial charge in [-0.15, -0.1) is 0 Å². The van der Waals surface area contributed by atoms with Gasteiger partial charge in [-0.25, -0.2) is 0 Å². The average molecular weight is 354 g/mol. The zero-order valence-electron chi connectivity index (χ0n) is 11.9. The third-order valence-corrected chi connectivity index (χ3v) is 5.59. The van der Waals surface area contributed by atoms with Crippen molar-refractivity contribution in [3.8, 4) is 0 Å². The first kappa shape index (κ1) is 15.9. The van der Waals surface area contributed by atoms with Gasteiger partial charge in [0.15, 0.2) is 5.78 Å². The van der Waals surface area contributed by atoms with Crippen LogP contribution in [-0.4, -0.2) is 57.0 Å². The van der Waals surface area contributed by atoms with Crippen LogP contribution < -0.4 is 0 Å². The van der Waals surface area contributed by atoms with Crippen LogP contribution in [0.4, 0.5) is 0 Å². The molecule has 3 aliphatic heterocycles. The van der Waals surface area contributed by atoms with Gasteiger partial charge < -0.3 is 4.90 Å². The Kier molecular flexibility index (Phi) is 3.97. The monoisotopic (exact) mass is 352 g/mol. The number of nitrogens with zero attached hydrogens (tertiary/aromatic N) is 2. The predicted octanol–water partition coefficient (Wildman–Crippen LogP) is 2.40. The summed E-state index contributed by atoms with van der Waals surface area (Å²) in [5.74, 6) is -0.265. The molecular formula is C14H19Cl3N2O2. The Morgan fingerprint density at radius 3 is 2.38 bits per heavy atom. The predicted molar refractivity (Wildman–Crippen MR) is 82.7 cm³/mol. The second kappa shape index (κ2) is 5.26. The summed E-state index contributed by atoms with van der Waals surface area (Å²) in [6.45, 7) is 4.21. The number of amides is 1. The fourth-order valence-electron chi connectivity index (χ4n) is 3.48. The molecule has 1 amide bonds. The number of hydrogen-bond acceptors (Lipinski definition) is 3. The van der Waals surface area contributed by atoms with E-state index in [2.05, 4.69) is 4.90 Å². The lowest BCUT2D eigenvalue weighted by Crippen LogP contribution is -2.64. The van der Waals surface area contributed by atoms with E-state index in [1.807, 2.05) is 6.92 Å². The fourth-order valence-corrected chi connectivity index (χ4v) is 3.80. The molecule has 118 valence electrons. The molecule has 1 aliphatic carbocycles. The van der Waals surface area contributed by atoms with Crippen LogP contribution in [0.3, 0.4) is 0 Å². The molecule has 3 heterocycles. The van der Waals surface area contributed by atoms with Gasteiger partial charge in [0.1, 0.15) is 0 Å². The Morgan fingerprint density at radius 1 is 1.33 bits per heavy atom. The van der Waals surface area contributed by atoms with Gasteiger partial charge in [-0.2, -0.15) is 0 Å². The molecule has 3 saturated heterocycles. The Bertz CT molecular complexity index is 457. The molecule has 21 heavy (non-hydrogen) atoms. The maximum absolute atomic E-state index is 12.7. The van der Waals surface area contributed by atoms with Crippen LogP contribution >= 0.6 is 34.8 Å². The topological polar surface area (TPSA) is 40.6 Å². The van der Waals surface area contributed by atoms with Gasteiger partial charge in [0.05, 0.1) is 6.04 Å². The highest BCUT2D eigenvalue weighted by Crippen LogP contribution is 2.41. The number of fused-ring (bicyclic) bond motifs is 3. The third-order valence-electron chi connectivity index (χ3n) is 5.10. The van der Waals surface area contributed by atoms with Crippen molar-refractivity contribution in [3.63, 3.8) is 0 Å². The number of alkyl halides is 3. The molecule has 1 atom stereocenters. The van der Waals surface area contributed by atoms with Crippen LogP contribution in [0.5, 0.6) is 0 Å². The summed E-state index contributed by atoms with van der Waals surface area (Å²) in [6.07, 6.45) is 3.66. The molecule has 7 heteroatoms. The van der Waals surface area contributed by atoms with Crippen molar-refractivity contribution < 1.29 is 9.59 Å². The summed E-state index contributed by atoms with van der Waals surface area (Å²) < 4.78 is -1.95. The van der Waals surface area contributed by atoms with Crippen molar-refractivity contribution in [3.05, 3.63) is 0 Å². The van der Waals surface area contributed by atoms with E-state index in [4.69, 9.17) is 34.8 Å². The van der Waals surface area contributed by atoms with Crippen LogP contribution in [0.15, 0.2) is 0 Å². The normalized spacial score (nSPS) is 35.9. The van der Waals surface area contributed by atoms with E-state index in [1.165, 1.54) is 0 Å². The summed E-state index contributed by atoms with van der Waals surface area (Å²) in [6, 6.07) is -0.121. The summed E-state index contributed by atoms with van der Waals surface area (Å²) in [5, 5.41) is 0. The molecule has 4 rings (SSSR count). The highest BCUT2D eigenvalue weighted by molar-refractivity contribution is 6.76. The number of Topliss-reactive ketones (excluding diaryl/α,β-unsaturated/α-hetero) is 1. The quantitative estimate of drug-likeness (QED) is 0.732. The minimum atomic E-state index is -1.95.